The minimum atomic E-state index is -1.31. The molecular weight excluding hydrogens is 412 g/mol. The average Bonchev–Trinajstić information content (AvgIpc) is 2.55. The quantitative estimate of drug-likeness (QED) is 0.633. The van der Waals surface area contributed by atoms with Crippen LogP contribution in [0.5, 0.6) is 0 Å². The number of anilines is 1. The zero-order valence-corrected chi connectivity index (χ0v) is 15.4. The Kier molecular flexibility index (Phi) is 6.17. The Morgan fingerprint density at radius 2 is 1.76 bits per heavy atom. The van der Waals surface area contributed by atoms with Crippen LogP contribution in [0.15, 0.2) is 46.9 Å². The second-order valence-electron chi connectivity index (χ2n) is 5.19. The molecule has 0 saturated carbocycles. The molecule has 0 heterocycles. The smallest absolute Gasteiger partial charge is 0.405 e. The summed E-state index contributed by atoms with van der Waals surface area (Å²) in [5, 5.41) is 13.8. The molecule has 0 spiro atoms. The van der Waals surface area contributed by atoms with Gasteiger partial charge >= 0.3 is 6.09 Å². The summed E-state index contributed by atoms with van der Waals surface area (Å²) in [6.45, 7) is 1.41. The van der Waals surface area contributed by atoms with Gasteiger partial charge in [-0.25, -0.2) is 4.79 Å². The molecule has 0 aliphatic carbocycles. The molecule has 0 saturated heterocycles. The van der Waals surface area contributed by atoms with Crippen LogP contribution in [0.4, 0.5) is 10.5 Å². The van der Waals surface area contributed by atoms with Crippen LogP contribution in [-0.2, 0) is 4.79 Å². The van der Waals surface area contributed by atoms with Gasteiger partial charge in [-0.15, -0.1) is 0 Å². The summed E-state index contributed by atoms with van der Waals surface area (Å²) >= 11 is 9.13. The maximum Gasteiger partial charge on any atom is 0.405 e. The fourth-order valence-electron chi connectivity index (χ4n) is 2.06. The van der Waals surface area contributed by atoms with Crippen LogP contribution in [0.3, 0.4) is 0 Å². The van der Waals surface area contributed by atoms with E-state index < -0.39 is 18.0 Å². The van der Waals surface area contributed by atoms with E-state index in [9.17, 15) is 14.4 Å². The van der Waals surface area contributed by atoms with Crippen molar-refractivity contribution in [3.63, 3.8) is 0 Å². The van der Waals surface area contributed by atoms with Crippen molar-refractivity contribution in [2.24, 2.45) is 0 Å². The van der Waals surface area contributed by atoms with Crippen molar-refractivity contribution in [3.05, 3.63) is 63.1 Å². The molecule has 2 aromatic carbocycles. The standard InChI is InChI=1S/C17H14BrClN2O4/c1-9(20-17(24)25)16(23)21-14-7-4-11(18)8-13(14)15(22)10-2-5-12(19)6-3-10/h2-9,20H,1H3,(H,21,23)(H,24,25). The summed E-state index contributed by atoms with van der Waals surface area (Å²) in [5.41, 5.74) is 0.967. The predicted octanol–water partition coefficient (Wildman–Crippen LogP) is 3.93. The minimum Gasteiger partial charge on any atom is -0.465 e. The Labute approximate surface area is 157 Å². The Hall–Kier alpha value is -2.38. The maximum atomic E-state index is 12.7. The van der Waals surface area contributed by atoms with E-state index in [1.165, 1.54) is 6.92 Å². The molecule has 0 aliphatic heterocycles. The highest BCUT2D eigenvalue weighted by molar-refractivity contribution is 9.10. The van der Waals surface area contributed by atoms with Gasteiger partial charge in [-0.1, -0.05) is 27.5 Å². The van der Waals surface area contributed by atoms with Gasteiger partial charge in [0.15, 0.2) is 5.78 Å². The minimum absolute atomic E-state index is 0.271. The van der Waals surface area contributed by atoms with Gasteiger partial charge in [-0.2, -0.15) is 0 Å². The van der Waals surface area contributed by atoms with E-state index in [0.717, 1.165) is 0 Å². The lowest BCUT2D eigenvalue weighted by Gasteiger charge is -2.15. The van der Waals surface area contributed by atoms with E-state index >= 15 is 0 Å². The first kappa shape index (κ1) is 19.0. The number of carboxylic acid groups (broad SMARTS) is 1. The number of nitrogens with one attached hydrogen (secondary N) is 2. The van der Waals surface area contributed by atoms with Crippen molar-refractivity contribution in [3.8, 4) is 0 Å². The molecule has 6 nitrogen and oxygen atoms in total. The number of hydrogen-bond acceptors (Lipinski definition) is 3. The van der Waals surface area contributed by atoms with E-state index in [0.29, 0.717) is 15.1 Å². The van der Waals surface area contributed by atoms with Gasteiger partial charge in [-0.3, -0.25) is 9.59 Å². The third kappa shape index (κ3) is 5.04. The third-order valence-electron chi connectivity index (χ3n) is 3.32. The van der Waals surface area contributed by atoms with Crippen LogP contribution in [0.1, 0.15) is 22.8 Å². The van der Waals surface area contributed by atoms with Crippen molar-refractivity contribution in [2.45, 2.75) is 13.0 Å². The number of benzene rings is 2. The third-order valence-corrected chi connectivity index (χ3v) is 4.07. The van der Waals surface area contributed by atoms with Gasteiger partial charge in [0.2, 0.25) is 5.91 Å². The van der Waals surface area contributed by atoms with Gasteiger partial charge in [0.25, 0.3) is 0 Å². The highest BCUT2D eigenvalue weighted by Gasteiger charge is 2.19. The number of carbonyl (C=O) groups is 3. The molecule has 0 bridgehead atoms. The fourth-order valence-corrected chi connectivity index (χ4v) is 2.55. The molecule has 2 rings (SSSR count). The summed E-state index contributed by atoms with van der Waals surface area (Å²) in [4.78, 5) is 35.5. The molecule has 8 heteroatoms. The lowest BCUT2D eigenvalue weighted by atomic mass is 10.0. The number of hydrogen-bond donors (Lipinski definition) is 3. The van der Waals surface area contributed by atoms with Crippen LogP contribution in [-0.4, -0.2) is 28.9 Å². The molecule has 3 N–H and O–H groups in total. The molecule has 130 valence electrons. The SMILES string of the molecule is CC(NC(=O)O)C(=O)Nc1ccc(Br)cc1C(=O)c1ccc(Cl)cc1. The monoisotopic (exact) mass is 424 g/mol. The second kappa shape index (κ2) is 8.13. The predicted molar refractivity (Wildman–Crippen MR) is 98.3 cm³/mol. The number of carbonyl (C=O) groups excluding carboxylic acids is 2. The maximum absolute atomic E-state index is 12.7. The van der Waals surface area contributed by atoms with Gasteiger partial charge in [0.05, 0.1) is 5.69 Å². The van der Waals surface area contributed by atoms with Crippen molar-refractivity contribution in [1.82, 2.24) is 5.32 Å². The number of amides is 2. The molecule has 0 fully saturated rings. The average molecular weight is 426 g/mol. The summed E-state index contributed by atoms with van der Waals surface area (Å²) in [6.07, 6.45) is -1.31. The first-order valence-electron chi connectivity index (χ1n) is 7.18. The van der Waals surface area contributed by atoms with Crippen molar-refractivity contribution in [1.29, 1.82) is 0 Å². The molecule has 1 unspecified atom stereocenters. The molecular formula is C17H14BrClN2O4. The number of halogens is 2. The van der Waals surface area contributed by atoms with Gasteiger partial charge in [-0.05, 0) is 49.4 Å². The van der Waals surface area contributed by atoms with Crippen molar-refractivity contribution < 1.29 is 19.5 Å². The van der Waals surface area contributed by atoms with Gasteiger partial charge in [0, 0.05) is 20.6 Å². The highest BCUT2D eigenvalue weighted by Crippen LogP contribution is 2.24. The van der Waals surface area contributed by atoms with E-state index in [1.54, 1.807) is 42.5 Å². The van der Waals surface area contributed by atoms with E-state index in [2.05, 4.69) is 26.6 Å². The topological polar surface area (TPSA) is 95.5 Å². The van der Waals surface area contributed by atoms with Crippen molar-refractivity contribution >= 4 is 51.0 Å². The van der Waals surface area contributed by atoms with E-state index in [-0.39, 0.29) is 17.0 Å². The number of ketones is 1. The Morgan fingerprint density at radius 3 is 2.36 bits per heavy atom. The van der Waals surface area contributed by atoms with E-state index in [1.807, 2.05) is 0 Å². The largest absolute Gasteiger partial charge is 0.465 e. The van der Waals surface area contributed by atoms with Crippen molar-refractivity contribution in [2.75, 3.05) is 5.32 Å². The Morgan fingerprint density at radius 1 is 1.12 bits per heavy atom. The lowest BCUT2D eigenvalue weighted by Crippen LogP contribution is -2.41. The lowest BCUT2D eigenvalue weighted by molar-refractivity contribution is -0.117. The van der Waals surface area contributed by atoms with Crippen LogP contribution < -0.4 is 10.6 Å². The molecule has 2 aromatic rings. The van der Waals surface area contributed by atoms with Crippen LogP contribution in [0.25, 0.3) is 0 Å². The zero-order chi connectivity index (χ0) is 18.6. The van der Waals surface area contributed by atoms with Crippen LogP contribution in [0.2, 0.25) is 5.02 Å². The molecule has 0 aliphatic rings. The van der Waals surface area contributed by atoms with E-state index in [4.69, 9.17) is 16.7 Å². The molecule has 0 radical (unpaired) electrons. The summed E-state index contributed by atoms with van der Waals surface area (Å²) in [7, 11) is 0. The highest BCUT2D eigenvalue weighted by atomic mass is 79.9. The Bertz CT molecular complexity index is 824. The first-order chi connectivity index (χ1) is 11.8. The summed E-state index contributed by atoms with van der Waals surface area (Å²) < 4.78 is 0.666. The fraction of sp³-hybridized carbons (Fsp3) is 0.118. The first-order valence-corrected chi connectivity index (χ1v) is 8.35. The number of rotatable bonds is 5. The van der Waals surface area contributed by atoms with Crippen LogP contribution in [0, 0.1) is 0 Å². The van der Waals surface area contributed by atoms with Crippen LogP contribution >= 0.6 is 27.5 Å². The molecule has 25 heavy (non-hydrogen) atoms. The molecule has 2 amide bonds. The summed E-state index contributed by atoms with van der Waals surface area (Å²) in [6, 6.07) is 10.2. The zero-order valence-electron chi connectivity index (χ0n) is 13.0. The molecule has 0 aromatic heterocycles. The molecule has 1 atom stereocenters. The second-order valence-corrected chi connectivity index (χ2v) is 6.54. The summed E-state index contributed by atoms with van der Waals surface area (Å²) in [5.74, 6) is -0.873. The Balaban J connectivity index is 2.31. The van der Waals surface area contributed by atoms with Gasteiger partial charge < -0.3 is 15.7 Å². The normalized spacial score (nSPS) is 11.5. The van der Waals surface area contributed by atoms with Gasteiger partial charge in [0.1, 0.15) is 6.04 Å².